The van der Waals surface area contributed by atoms with Gasteiger partial charge < -0.3 is 4.90 Å². The quantitative estimate of drug-likeness (QED) is 0.625. The highest BCUT2D eigenvalue weighted by molar-refractivity contribution is 8.26. The van der Waals surface area contributed by atoms with E-state index in [2.05, 4.69) is 0 Å². The molecule has 0 unspecified atom stereocenters. The molecular formula is C14H15ClN2OS2. The van der Waals surface area contributed by atoms with Gasteiger partial charge >= 0.3 is 0 Å². The summed E-state index contributed by atoms with van der Waals surface area (Å²) in [6.45, 7) is 2.50. The van der Waals surface area contributed by atoms with Crippen molar-refractivity contribution in [3.05, 3.63) is 33.7 Å². The van der Waals surface area contributed by atoms with Crippen LogP contribution in [0.4, 0.5) is 5.69 Å². The largest absolute Gasteiger partial charge is 0.378 e. The number of carbonyl (C=O) groups excluding carboxylic acids is 1. The van der Waals surface area contributed by atoms with Gasteiger partial charge in [-0.15, -0.1) is 0 Å². The number of thioether (sulfide) groups is 1. The highest BCUT2D eigenvalue weighted by Gasteiger charge is 2.30. The van der Waals surface area contributed by atoms with E-state index < -0.39 is 0 Å². The molecule has 1 amide bonds. The Morgan fingerprint density at radius 2 is 2.15 bits per heavy atom. The number of benzene rings is 1. The molecule has 2 rings (SSSR count). The van der Waals surface area contributed by atoms with E-state index in [-0.39, 0.29) is 5.91 Å². The normalized spacial score (nSPS) is 17.2. The van der Waals surface area contributed by atoms with Crippen molar-refractivity contribution in [2.24, 2.45) is 0 Å². The molecule has 20 heavy (non-hydrogen) atoms. The molecule has 0 aromatic heterocycles. The van der Waals surface area contributed by atoms with Crippen molar-refractivity contribution in [3.8, 4) is 0 Å². The van der Waals surface area contributed by atoms with Gasteiger partial charge in [0.25, 0.3) is 5.91 Å². The van der Waals surface area contributed by atoms with Gasteiger partial charge in [-0.2, -0.15) is 0 Å². The molecule has 1 aromatic rings. The fourth-order valence-corrected chi connectivity index (χ4v) is 3.43. The van der Waals surface area contributed by atoms with Gasteiger partial charge in [0.05, 0.1) is 4.91 Å². The maximum atomic E-state index is 12.1. The highest BCUT2D eigenvalue weighted by atomic mass is 35.5. The number of thiocarbonyl (C=S) groups is 1. The molecule has 0 spiro atoms. The molecule has 0 radical (unpaired) electrons. The summed E-state index contributed by atoms with van der Waals surface area (Å²) in [5.41, 5.74) is 1.85. The molecule has 0 aliphatic carbocycles. The topological polar surface area (TPSA) is 23.6 Å². The summed E-state index contributed by atoms with van der Waals surface area (Å²) < 4.78 is 0.602. The molecule has 1 aliphatic heterocycles. The maximum absolute atomic E-state index is 12.1. The summed E-state index contributed by atoms with van der Waals surface area (Å²) in [7, 11) is 3.91. The molecule has 1 aromatic carbocycles. The van der Waals surface area contributed by atoms with E-state index in [9.17, 15) is 4.79 Å². The lowest BCUT2D eigenvalue weighted by atomic mass is 10.2. The standard InChI is InChI=1S/C14H15ClN2OS2/c1-4-17-13(18)12(20-14(17)19)7-9-5-6-10(16(2)3)8-11(9)15/h5-8H,4H2,1-3H3. The Morgan fingerprint density at radius 1 is 1.45 bits per heavy atom. The molecule has 6 heteroatoms. The summed E-state index contributed by atoms with van der Waals surface area (Å²) in [6, 6.07) is 5.77. The molecular weight excluding hydrogens is 312 g/mol. The van der Waals surface area contributed by atoms with E-state index in [1.807, 2.05) is 44.1 Å². The summed E-state index contributed by atoms with van der Waals surface area (Å²) in [5.74, 6) is -0.0461. The first-order chi connectivity index (χ1) is 9.43. The van der Waals surface area contributed by atoms with Gasteiger partial charge in [0.15, 0.2) is 0 Å². The van der Waals surface area contributed by atoms with Crippen LogP contribution in [0.3, 0.4) is 0 Å². The van der Waals surface area contributed by atoms with Crippen LogP contribution in [-0.2, 0) is 4.79 Å². The maximum Gasteiger partial charge on any atom is 0.266 e. The fourth-order valence-electron chi connectivity index (χ4n) is 1.83. The number of nitrogens with zero attached hydrogens (tertiary/aromatic N) is 2. The average Bonchev–Trinajstić information content (AvgIpc) is 2.66. The molecule has 0 N–H and O–H groups in total. The van der Waals surface area contributed by atoms with E-state index in [1.54, 1.807) is 11.0 Å². The first-order valence-corrected chi connectivity index (χ1v) is 7.76. The molecule has 3 nitrogen and oxygen atoms in total. The Morgan fingerprint density at radius 3 is 2.65 bits per heavy atom. The predicted octanol–water partition coefficient (Wildman–Crippen LogP) is 3.63. The van der Waals surface area contributed by atoms with E-state index in [0.29, 0.717) is 20.8 Å². The third kappa shape index (κ3) is 3.00. The zero-order chi connectivity index (χ0) is 14.9. The van der Waals surface area contributed by atoms with Crippen molar-refractivity contribution >= 4 is 57.6 Å². The van der Waals surface area contributed by atoms with Gasteiger partial charge in [0.1, 0.15) is 4.32 Å². The van der Waals surface area contributed by atoms with Gasteiger partial charge in [-0.1, -0.05) is 41.6 Å². The second-order valence-corrected chi connectivity index (χ2v) is 6.61. The summed E-state index contributed by atoms with van der Waals surface area (Å²) in [6.07, 6.45) is 1.80. The highest BCUT2D eigenvalue weighted by Crippen LogP contribution is 2.34. The Labute approximate surface area is 133 Å². The number of carbonyl (C=O) groups is 1. The number of halogens is 1. The van der Waals surface area contributed by atoms with Gasteiger partial charge in [-0.05, 0) is 30.7 Å². The minimum absolute atomic E-state index is 0.0461. The van der Waals surface area contributed by atoms with Crippen molar-refractivity contribution in [2.45, 2.75) is 6.92 Å². The van der Waals surface area contributed by atoms with E-state index in [4.69, 9.17) is 23.8 Å². The van der Waals surface area contributed by atoms with E-state index >= 15 is 0 Å². The number of hydrogen-bond acceptors (Lipinski definition) is 4. The van der Waals surface area contributed by atoms with E-state index in [0.717, 1.165) is 11.3 Å². The minimum atomic E-state index is -0.0461. The molecule has 106 valence electrons. The average molecular weight is 327 g/mol. The molecule has 1 aliphatic rings. The van der Waals surface area contributed by atoms with Crippen LogP contribution in [-0.4, -0.2) is 35.8 Å². The number of amides is 1. The number of hydrogen-bond donors (Lipinski definition) is 0. The van der Waals surface area contributed by atoms with Gasteiger partial charge in [0.2, 0.25) is 0 Å². The van der Waals surface area contributed by atoms with Crippen LogP contribution >= 0.6 is 35.6 Å². The Hall–Kier alpha value is -1.04. The van der Waals surface area contributed by atoms with E-state index in [1.165, 1.54) is 11.8 Å². The van der Waals surface area contributed by atoms with Crippen LogP contribution in [0.2, 0.25) is 5.02 Å². The van der Waals surface area contributed by atoms with Gasteiger partial charge in [-0.25, -0.2) is 0 Å². The second kappa shape index (κ2) is 6.16. The van der Waals surface area contributed by atoms with Crippen molar-refractivity contribution in [3.63, 3.8) is 0 Å². The summed E-state index contributed by atoms with van der Waals surface area (Å²) in [4.78, 5) is 16.3. The molecule has 0 saturated carbocycles. The summed E-state index contributed by atoms with van der Waals surface area (Å²) in [5, 5.41) is 0.623. The van der Waals surface area contributed by atoms with Gasteiger partial charge in [0, 0.05) is 31.4 Å². The molecule has 1 saturated heterocycles. The molecule has 1 heterocycles. The van der Waals surface area contributed by atoms with Crippen molar-refractivity contribution in [1.29, 1.82) is 0 Å². The Kier molecular flexibility index (Phi) is 4.73. The number of anilines is 1. The van der Waals surface area contributed by atoms with Crippen LogP contribution in [0.5, 0.6) is 0 Å². The fraction of sp³-hybridized carbons (Fsp3) is 0.286. The van der Waals surface area contributed by atoms with Crippen LogP contribution in [0.25, 0.3) is 6.08 Å². The Balaban J connectivity index is 2.32. The van der Waals surface area contributed by atoms with Crippen LogP contribution in [0.1, 0.15) is 12.5 Å². The monoisotopic (exact) mass is 326 g/mol. The van der Waals surface area contributed by atoms with Gasteiger partial charge in [-0.3, -0.25) is 9.69 Å². The first-order valence-electron chi connectivity index (χ1n) is 6.16. The second-order valence-electron chi connectivity index (χ2n) is 4.53. The number of rotatable bonds is 3. The van der Waals surface area contributed by atoms with Crippen LogP contribution in [0.15, 0.2) is 23.1 Å². The van der Waals surface area contributed by atoms with Crippen LogP contribution < -0.4 is 4.90 Å². The van der Waals surface area contributed by atoms with Crippen LogP contribution in [0, 0.1) is 0 Å². The lowest BCUT2D eigenvalue weighted by molar-refractivity contribution is -0.121. The third-order valence-corrected chi connectivity index (χ3v) is 4.68. The summed E-state index contributed by atoms with van der Waals surface area (Å²) >= 11 is 12.8. The minimum Gasteiger partial charge on any atom is -0.378 e. The molecule has 0 atom stereocenters. The first kappa shape index (κ1) is 15.4. The number of likely N-dealkylation sites (N-methyl/N-ethyl adjacent to an activating group) is 1. The van der Waals surface area contributed by atoms with Crippen molar-refractivity contribution < 1.29 is 4.79 Å². The smallest absolute Gasteiger partial charge is 0.266 e. The molecule has 1 fully saturated rings. The SMILES string of the molecule is CCN1C(=O)C(=Cc2ccc(N(C)C)cc2Cl)SC1=S. The molecule has 0 bridgehead atoms. The Bertz CT molecular complexity index is 599. The lowest BCUT2D eigenvalue weighted by Crippen LogP contribution is -2.27. The zero-order valence-electron chi connectivity index (χ0n) is 11.5. The van der Waals surface area contributed by atoms with Crippen molar-refractivity contribution in [1.82, 2.24) is 4.90 Å². The zero-order valence-corrected chi connectivity index (χ0v) is 13.9. The van der Waals surface area contributed by atoms with Crippen molar-refractivity contribution in [2.75, 3.05) is 25.5 Å². The lowest BCUT2D eigenvalue weighted by Gasteiger charge is -2.13. The predicted molar refractivity (Wildman–Crippen MR) is 91.3 cm³/mol. The third-order valence-electron chi connectivity index (χ3n) is 2.98.